The molecule has 1 aliphatic carbocycles. The van der Waals surface area contributed by atoms with E-state index in [-0.39, 0.29) is 29.8 Å². The Morgan fingerprint density at radius 3 is 2.43 bits per heavy atom. The molecule has 2 amide bonds. The quantitative estimate of drug-likeness (QED) is 0.687. The first-order chi connectivity index (χ1) is 11.0. The number of carbonyl (C=O) groups excluding carboxylic acids is 2. The van der Waals surface area contributed by atoms with Gasteiger partial charge in [-0.1, -0.05) is 26.0 Å². The molecule has 0 spiro atoms. The zero-order valence-corrected chi connectivity index (χ0v) is 13.8. The van der Waals surface area contributed by atoms with Crippen molar-refractivity contribution < 1.29 is 14.7 Å². The van der Waals surface area contributed by atoms with E-state index in [1.807, 2.05) is 38.1 Å². The van der Waals surface area contributed by atoms with E-state index < -0.39 is 0 Å². The lowest BCUT2D eigenvalue weighted by Gasteiger charge is -2.14. The summed E-state index contributed by atoms with van der Waals surface area (Å²) in [4.78, 5) is 23.5. The molecular weight excluding hydrogens is 292 g/mol. The van der Waals surface area contributed by atoms with Crippen molar-refractivity contribution in [2.75, 3.05) is 11.9 Å². The van der Waals surface area contributed by atoms with Crippen LogP contribution in [0.4, 0.5) is 5.69 Å². The molecule has 0 aromatic heterocycles. The average Bonchev–Trinajstić information content (AvgIpc) is 3.33. The fourth-order valence-electron chi connectivity index (χ4n) is 2.24. The largest absolute Gasteiger partial charge is 0.393 e. The van der Waals surface area contributed by atoms with Crippen LogP contribution in [0.15, 0.2) is 24.3 Å². The summed E-state index contributed by atoms with van der Waals surface area (Å²) < 4.78 is 0. The molecule has 0 bridgehead atoms. The van der Waals surface area contributed by atoms with Crippen LogP contribution in [-0.4, -0.2) is 29.6 Å². The van der Waals surface area contributed by atoms with Gasteiger partial charge in [-0.3, -0.25) is 9.59 Å². The van der Waals surface area contributed by atoms with Crippen molar-refractivity contribution in [2.24, 2.45) is 11.8 Å². The van der Waals surface area contributed by atoms with E-state index in [0.29, 0.717) is 19.4 Å². The number of nitrogens with one attached hydrogen (secondary N) is 2. The monoisotopic (exact) mass is 318 g/mol. The molecule has 5 heteroatoms. The lowest BCUT2D eigenvalue weighted by molar-refractivity contribution is -0.120. The second-order valence-electron chi connectivity index (χ2n) is 6.59. The molecule has 23 heavy (non-hydrogen) atoms. The van der Waals surface area contributed by atoms with Crippen molar-refractivity contribution in [3.63, 3.8) is 0 Å². The fourth-order valence-corrected chi connectivity index (χ4v) is 2.24. The Morgan fingerprint density at radius 1 is 1.22 bits per heavy atom. The van der Waals surface area contributed by atoms with Crippen LogP contribution in [0.25, 0.3) is 0 Å². The van der Waals surface area contributed by atoms with Crippen LogP contribution in [0.5, 0.6) is 0 Å². The number of hydrogen-bond donors (Lipinski definition) is 3. The average molecular weight is 318 g/mol. The van der Waals surface area contributed by atoms with E-state index in [9.17, 15) is 14.7 Å². The Morgan fingerprint density at radius 2 is 1.87 bits per heavy atom. The molecule has 1 aromatic rings. The highest BCUT2D eigenvalue weighted by Gasteiger charge is 2.29. The third-order valence-electron chi connectivity index (χ3n) is 4.07. The zero-order chi connectivity index (χ0) is 16.8. The van der Waals surface area contributed by atoms with E-state index in [2.05, 4.69) is 10.6 Å². The van der Waals surface area contributed by atoms with Gasteiger partial charge in [-0.15, -0.1) is 0 Å². The van der Waals surface area contributed by atoms with Crippen molar-refractivity contribution in [3.05, 3.63) is 29.8 Å². The summed E-state index contributed by atoms with van der Waals surface area (Å²) in [6, 6.07) is 7.35. The minimum Gasteiger partial charge on any atom is -0.393 e. The molecule has 0 radical (unpaired) electrons. The van der Waals surface area contributed by atoms with Crippen molar-refractivity contribution in [1.82, 2.24) is 5.32 Å². The molecule has 5 nitrogen and oxygen atoms in total. The van der Waals surface area contributed by atoms with Crippen molar-refractivity contribution >= 4 is 17.5 Å². The first-order valence-electron chi connectivity index (χ1n) is 8.30. The van der Waals surface area contributed by atoms with E-state index in [1.165, 1.54) is 0 Å². The number of aliphatic hydroxyl groups excluding tert-OH is 1. The van der Waals surface area contributed by atoms with Crippen LogP contribution in [0.2, 0.25) is 0 Å². The summed E-state index contributed by atoms with van der Waals surface area (Å²) in [5.41, 5.74) is 1.67. The molecule has 0 saturated heterocycles. The van der Waals surface area contributed by atoms with Gasteiger partial charge in [0, 0.05) is 18.2 Å². The normalized spacial score (nSPS) is 15.3. The maximum Gasteiger partial charge on any atom is 0.227 e. The third-order valence-corrected chi connectivity index (χ3v) is 4.07. The Bertz CT molecular complexity index is 536. The standard InChI is InChI=1S/C18H26N2O3/c1-12(2)16(21)9-10-19-17(22)11-13-3-7-15(8-4-13)20-18(23)14-5-6-14/h3-4,7-8,12,14,16,21H,5-6,9-11H2,1-2H3,(H,19,22)(H,20,23). The summed E-state index contributed by atoms with van der Waals surface area (Å²) >= 11 is 0. The second-order valence-corrected chi connectivity index (χ2v) is 6.59. The number of benzene rings is 1. The van der Waals surface area contributed by atoms with Gasteiger partial charge in [0.2, 0.25) is 11.8 Å². The molecule has 1 unspecified atom stereocenters. The summed E-state index contributed by atoms with van der Waals surface area (Å²) in [5, 5.41) is 15.4. The van der Waals surface area contributed by atoms with Crippen LogP contribution < -0.4 is 10.6 Å². The molecule has 1 atom stereocenters. The predicted molar refractivity (Wildman–Crippen MR) is 90.0 cm³/mol. The van der Waals surface area contributed by atoms with Gasteiger partial charge in [-0.2, -0.15) is 0 Å². The SMILES string of the molecule is CC(C)C(O)CCNC(=O)Cc1ccc(NC(=O)C2CC2)cc1. The molecule has 1 saturated carbocycles. The smallest absolute Gasteiger partial charge is 0.227 e. The number of rotatable bonds is 8. The highest BCUT2D eigenvalue weighted by Crippen LogP contribution is 2.30. The Labute approximate surface area is 137 Å². The molecule has 126 valence electrons. The van der Waals surface area contributed by atoms with E-state index in [1.54, 1.807) is 0 Å². The van der Waals surface area contributed by atoms with Crippen LogP contribution in [-0.2, 0) is 16.0 Å². The Balaban J connectivity index is 1.72. The van der Waals surface area contributed by atoms with Crippen molar-refractivity contribution in [2.45, 2.75) is 45.6 Å². The van der Waals surface area contributed by atoms with Gasteiger partial charge in [-0.05, 0) is 42.9 Å². The lowest BCUT2D eigenvalue weighted by atomic mass is 10.0. The van der Waals surface area contributed by atoms with Crippen molar-refractivity contribution in [3.8, 4) is 0 Å². The molecule has 1 aliphatic rings. The number of hydrogen-bond acceptors (Lipinski definition) is 3. The molecular formula is C18H26N2O3. The van der Waals surface area contributed by atoms with Crippen LogP contribution in [0.1, 0.15) is 38.7 Å². The second kappa shape index (κ2) is 8.11. The topological polar surface area (TPSA) is 78.4 Å². The lowest BCUT2D eigenvalue weighted by Crippen LogP contribution is -2.29. The van der Waals surface area contributed by atoms with Crippen molar-refractivity contribution in [1.29, 1.82) is 0 Å². The van der Waals surface area contributed by atoms with Gasteiger partial charge < -0.3 is 15.7 Å². The summed E-state index contributed by atoms with van der Waals surface area (Å²) in [7, 11) is 0. The molecule has 3 N–H and O–H groups in total. The maximum atomic E-state index is 11.9. The Kier molecular flexibility index (Phi) is 6.16. The predicted octanol–water partition coefficient (Wildman–Crippen LogP) is 2.10. The molecule has 2 rings (SSSR count). The number of amides is 2. The zero-order valence-electron chi connectivity index (χ0n) is 13.8. The van der Waals surface area contributed by atoms with Crippen LogP contribution in [0.3, 0.4) is 0 Å². The van der Waals surface area contributed by atoms with Gasteiger partial charge >= 0.3 is 0 Å². The maximum absolute atomic E-state index is 11.9. The van der Waals surface area contributed by atoms with Gasteiger partial charge in [0.1, 0.15) is 0 Å². The van der Waals surface area contributed by atoms with Gasteiger partial charge in [-0.25, -0.2) is 0 Å². The van der Waals surface area contributed by atoms with Gasteiger partial charge in [0.15, 0.2) is 0 Å². The molecule has 1 aromatic carbocycles. The third kappa shape index (κ3) is 6.02. The van der Waals surface area contributed by atoms with Crippen LogP contribution >= 0.6 is 0 Å². The number of carbonyl (C=O) groups is 2. The highest BCUT2D eigenvalue weighted by molar-refractivity contribution is 5.94. The van der Waals surface area contributed by atoms with Gasteiger partial charge in [0.05, 0.1) is 12.5 Å². The van der Waals surface area contributed by atoms with E-state index in [4.69, 9.17) is 0 Å². The molecule has 0 heterocycles. The summed E-state index contributed by atoms with van der Waals surface area (Å²) in [6.45, 7) is 4.39. The molecule has 0 aliphatic heterocycles. The first kappa shape index (κ1) is 17.5. The minimum absolute atomic E-state index is 0.0595. The van der Waals surface area contributed by atoms with E-state index >= 15 is 0 Å². The number of anilines is 1. The highest BCUT2D eigenvalue weighted by atomic mass is 16.3. The Hall–Kier alpha value is -1.88. The van der Waals surface area contributed by atoms with E-state index in [0.717, 1.165) is 24.1 Å². The summed E-state index contributed by atoms with van der Waals surface area (Å²) in [6.07, 6.45) is 2.44. The summed E-state index contributed by atoms with van der Waals surface area (Å²) in [5.74, 6) is 0.405. The molecule has 1 fully saturated rings. The fraction of sp³-hybridized carbons (Fsp3) is 0.556. The number of aliphatic hydroxyl groups is 1. The van der Waals surface area contributed by atoms with Gasteiger partial charge in [0.25, 0.3) is 0 Å². The minimum atomic E-state index is -0.385. The van der Waals surface area contributed by atoms with Crippen LogP contribution in [0, 0.1) is 11.8 Å². The first-order valence-corrected chi connectivity index (χ1v) is 8.30.